The van der Waals surface area contributed by atoms with Gasteiger partial charge in [-0.3, -0.25) is 9.98 Å². The van der Waals surface area contributed by atoms with E-state index in [9.17, 15) is 5.41 Å². The Hall–Kier alpha value is -6.85. The molecule has 0 saturated carbocycles. The molecule has 50 heavy (non-hydrogen) atoms. The molecule has 9 rings (SSSR count). The lowest BCUT2D eigenvalue weighted by atomic mass is 10.0. The number of aliphatic imine (C=N–C) groups is 2. The minimum absolute atomic E-state index is 0.137. The van der Waals surface area contributed by atoms with Crippen LogP contribution in [0.4, 0.5) is 0 Å². The van der Waals surface area contributed by atoms with Crippen molar-refractivity contribution in [2.24, 2.45) is 9.98 Å². The molecule has 1 N–H and O–H groups in total. The molecule has 0 radical (unpaired) electrons. The zero-order valence-electron chi connectivity index (χ0n) is 27.1. The second-order valence-electron chi connectivity index (χ2n) is 12.3. The zero-order chi connectivity index (χ0) is 33.4. The van der Waals surface area contributed by atoms with E-state index < -0.39 is 0 Å². The van der Waals surface area contributed by atoms with Crippen LogP contribution in [0.1, 0.15) is 11.1 Å². The van der Waals surface area contributed by atoms with Crippen LogP contribution < -0.4 is 0 Å². The molecule has 5 nitrogen and oxygen atoms in total. The van der Waals surface area contributed by atoms with E-state index in [4.69, 9.17) is 9.98 Å². The minimum Gasteiger partial charge on any atom is -0.309 e. The second-order valence-corrected chi connectivity index (χ2v) is 12.3. The van der Waals surface area contributed by atoms with Crippen molar-refractivity contribution >= 4 is 61.6 Å². The number of para-hydroxylation sites is 3. The molecule has 2 heterocycles. The first kappa shape index (κ1) is 29.3. The number of fused-ring (bicyclic) bond motifs is 6. The lowest BCUT2D eigenvalue weighted by Gasteiger charge is -2.10. The van der Waals surface area contributed by atoms with E-state index in [1.165, 1.54) is 5.39 Å². The first-order chi connectivity index (χ1) is 24.7. The highest BCUT2D eigenvalue weighted by Crippen LogP contribution is 2.38. The number of rotatable bonds is 4. The molecule has 0 bridgehead atoms. The molecular formula is C45H31N5. The smallest absolute Gasteiger partial charge is 0.236 e. The molecule has 2 aromatic heterocycles. The molecule has 0 fully saturated rings. The average Bonchev–Trinajstić information content (AvgIpc) is 3.68. The van der Waals surface area contributed by atoms with Crippen LogP contribution in [-0.4, -0.2) is 27.1 Å². The summed E-state index contributed by atoms with van der Waals surface area (Å²) in [7, 11) is 0. The Morgan fingerprint density at radius 2 is 1.02 bits per heavy atom. The number of nitrogens with zero attached hydrogens (tertiary/aromatic N) is 4. The summed E-state index contributed by atoms with van der Waals surface area (Å²) in [6.07, 6.45) is 1.82. The van der Waals surface area contributed by atoms with Crippen LogP contribution >= 0.6 is 0 Å². The molecular weight excluding hydrogens is 611 g/mol. The van der Waals surface area contributed by atoms with E-state index >= 15 is 0 Å². The Bertz CT molecular complexity index is 2740. The van der Waals surface area contributed by atoms with Gasteiger partial charge in [0.15, 0.2) is 5.84 Å². The Balaban J connectivity index is 1.27. The molecule has 9 aromatic rings. The van der Waals surface area contributed by atoms with E-state index in [1.807, 2.05) is 85.1 Å². The number of hydrogen-bond acceptors (Lipinski definition) is 1. The third-order valence-corrected chi connectivity index (χ3v) is 9.29. The highest BCUT2D eigenvalue weighted by atomic mass is 15.2. The molecule has 7 aromatic carbocycles. The van der Waals surface area contributed by atoms with Gasteiger partial charge in [-0.05, 0) is 53.1 Å². The summed E-state index contributed by atoms with van der Waals surface area (Å²) in [5.41, 5.74) is 9.23. The highest BCUT2D eigenvalue weighted by molar-refractivity contribution is 6.22. The summed E-state index contributed by atoms with van der Waals surface area (Å²) < 4.78 is 4.44. The summed E-state index contributed by atoms with van der Waals surface area (Å²) in [5.74, 6) is 0.556. The van der Waals surface area contributed by atoms with Crippen LogP contribution in [0, 0.1) is 5.41 Å². The SMILES string of the molecule is N=C(N=C(/N=C/c1ccccc1)n1c2ccccc2c2cc3c(cc21)c1ccccc1n3-c1ccccc1)c1ccc(-c2ccccc2)cc1. The van der Waals surface area contributed by atoms with Gasteiger partial charge < -0.3 is 4.57 Å². The van der Waals surface area contributed by atoms with Crippen molar-refractivity contribution in [1.29, 1.82) is 5.41 Å². The normalized spacial score (nSPS) is 12.1. The predicted molar refractivity (Wildman–Crippen MR) is 209 cm³/mol. The molecule has 5 heteroatoms. The Morgan fingerprint density at radius 1 is 0.480 bits per heavy atom. The summed E-state index contributed by atoms with van der Waals surface area (Å²) in [6.45, 7) is 0. The maximum absolute atomic E-state index is 9.20. The fraction of sp³-hybridized carbons (Fsp3) is 0. The quantitative estimate of drug-likeness (QED) is 0.147. The summed E-state index contributed by atoms with van der Waals surface area (Å²) in [5, 5.41) is 13.7. The largest absolute Gasteiger partial charge is 0.309 e. The molecule has 0 aliphatic rings. The van der Waals surface area contributed by atoms with Crippen LogP contribution in [0.2, 0.25) is 0 Å². The topological polar surface area (TPSA) is 58.4 Å². The number of hydrogen-bond donors (Lipinski definition) is 1. The molecule has 0 saturated heterocycles. The van der Waals surface area contributed by atoms with Crippen molar-refractivity contribution in [3.63, 3.8) is 0 Å². The predicted octanol–water partition coefficient (Wildman–Crippen LogP) is 10.9. The fourth-order valence-corrected chi connectivity index (χ4v) is 6.92. The number of aromatic nitrogens is 2. The van der Waals surface area contributed by atoms with Gasteiger partial charge in [-0.25, -0.2) is 4.99 Å². The number of amidine groups is 1. The Kier molecular flexibility index (Phi) is 7.21. The molecule has 0 aliphatic carbocycles. The van der Waals surface area contributed by atoms with Gasteiger partial charge in [-0.15, -0.1) is 0 Å². The monoisotopic (exact) mass is 641 g/mol. The van der Waals surface area contributed by atoms with Gasteiger partial charge in [-0.1, -0.05) is 140 Å². The molecule has 0 aliphatic heterocycles. The Morgan fingerprint density at radius 3 is 1.74 bits per heavy atom. The zero-order valence-corrected chi connectivity index (χ0v) is 27.1. The molecule has 0 atom stereocenters. The van der Waals surface area contributed by atoms with E-state index in [-0.39, 0.29) is 5.84 Å². The van der Waals surface area contributed by atoms with Crippen LogP contribution in [0.5, 0.6) is 0 Å². The van der Waals surface area contributed by atoms with Gasteiger partial charge in [0, 0.05) is 39.0 Å². The van der Waals surface area contributed by atoms with Gasteiger partial charge >= 0.3 is 0 Å². The maximum Gasteiger partial charge on any atom is 0.236 e. The molecule has 0 spiro atoms. The van der Waals surface area contributed by atoms with Crippen LogP contribution in [0.25, 0.3) is 60.4 Å². The standard InChI is InChI=1S/C45H31N5/c46-44(34-26-24-33(25-27-34)32-16-6-2-7-17-32)48-45(47-30-31-14-4-1-5-15-31)50-41-23-13-11-21-37(41)39-28-42-38(29-43(39)50)36-20-10-12-22-40(36)49(42)35-18-8-3-9-19-35/h1-30,46H/b46-44?,47-30+,48-45?. The molecule has 236 valence electrons. The molecule has 0 unspecified atom stereocenters. The van der Waals surface area contributed by atoms with Crippen LogP contribution in [0.3, 0.4) is 0 Å². The third-order valence-electron chi connectivity index (χ3n) is 9.29. The van der Waals surface area contributed by atoms with Gasteiger partial charge in [0.2, 0.25) is 5.96 Å². The summed E-state index contributed by atoms with van der Waals surface area (Å²) in [4.78, 5) is 9.97. The van der Waals surface area contributed by atoms with Crippen molar-refractivity contribution in [3.05, 3.63) is 187 Å². The van der Waals surface area contributed by atoms with Gasteiger partial charge in [0.25, 0.3) is 0 Å². The maximum atomic E-state index is 9.20. The van der Waals surface area contributed by atoms with Gasteiger partial charge in [-0.2, -0.15) is 4.99 Å². The summed E-state index contributed by atoms with van der Waals surface area (Å²) in [6, 6.07) is 60.3. The number of benzene rings is 7. The fourth-order valence-electron chi connectivity index (χ4n) is 6.92. The first-order valence-electron chi connectivity index (χ1n) is 16.7. The van der Waals surface area contributed by atoms with Crippen molar-refractivity contribution in [2.45, 2.75) is 0 Å². The van der Waals surface area contributed by atoms with Crippen molar-refractivity contribution in [1.82, 2.24) is 9.13 Å². The van der Waals surface area contributed by atoms with Gasteiger partial charge in [0.1, 0.15) is 0 Å². The summed E-state index contributed by atoms with van der Waals surface area (Å²) >= 11 is 0. The van der Waals surface area contributed by atoms with Crippen molar-refractivity contribution < 1.29 is 0 Å². The molecule has 0 amide bonds. The Labute approximate surface area is 289 Å². The highest BCUT2D eigenvalue weighted by Gasteiger charge is 2.20. The second kappa shape index (κ2) is 12.3. The average molecular weight is 642 g/mol. The first-order valence-corrected chi connectivity index (χ1v) is 16.7. The minimum atomic E-state index is 0.137. The van der Waals surface area contributed by atoms with Gasteiger partial charge in [0.05, 0.1) is 22.1 Å². The van der Waals surface area contributed by atoms with Crippen molar-refractivity contribution in [3.8, 4) is 16.8 Å². The van der Waals surface area contributed by atoms with E-state index in [1.54, 1.807) is 0 Å². The van der Waals surface area contributed by atoms with Crippen molar-refractivity contribution in [2.75, 3.05) is 0 Å². The van der Waals surface area contributed by atoms with E-state index in [2.05, 4.69) is 106 Å². The van der Waals surface area contributed by atoms with E-state index in [0.29, 0.717) is 11.5 Å². The third kappa shape index (κ3) is 5.09. The lowest BCUT2D eigenvalue weighted by molar-refractivity contribution is 1.18. The van der Waals surface area contributed by atoms with Crippen LogP contribution in [0.15, 0.2) is 186 Å². The van der Waals surface area contributed by atoms with Crippen LogP contribution in [-0.2, 0) is 0 Å². The van der Waals surface area contributed by atoms with E-state index in [0.717, 1.165) is 60.6 Å². The lowest BCUT2D eigenvalue weighted by Crippen LogP contribution is -2.13. The number of nitrogens with one attached hydrogen (secondary N) is 1.